The molecular weight excluding hydrogens is 255 g/mol. The van der Waals surface area contributed by atoms with Crippen LogP contribution in [0.25, 0.3) is 6.08 Å². The van der Waals surface area contributed by atoms with Gasteiger partial charge >= 0.3 is 12.0 Å². The molecule has 1 aromatic heterocycles. The average molecular weight is 263 g/mol. The molecule has 2 rings (SSSR count). The Bertz CT molecular complexity index is 453. The molecule has 0 amide bonds. The van der Waals surface area contributed by atoms with Gasteiger partial charge in [-0.2, -0.15) is 13.2 Å². The first kappa shape index (κ1) is 12.2. The highest BCUT2D eigenvalue weighted by Gasteiger charge is 2.57. The molecule has 1 aromatic rings. The van der Waals surface area contributed by atoms with Crippen LogP contribution in [-0.2, 0) is 4.84 Å². The summed E-state index contributed by atoms with van der Waals surface area (Å²) in [7, 11) is 0. The fourth-order valence-corrected chi connectivity index (χ4v) is 1.80. The Morgan fingerprint density at radius 1 is 1.41 bits per heavy atom. The highest BCUT2D eigenvalue weighted by atomic mass is 32.1. The van der Waals surface area contributed by atoms with E-state index >= 15 is 0 Å². The Hall–Kier alpha value is -1.31. The molecule has 2 heterocycles. The molecule has 1 atom stereocenters. The van der Waals surface area contributed by atoms with Gasteiger partial charge in [-0.3, -0.25) is 5.48 Å². The van der Waals surface area contributed by atoms with E-state index in [-0.39, 0.29) is 5.70 Å². The molecule has 0 spiro atoms. The van der Waals surface area contributed by atoms with Crippen molar-refractivity contribution in [3.8, 4) is 0 Å². The lowest BCUT2D eigenvalue weighted by atomic mass is 10.2. The largest absolute Gasteiger partial charge is 0.449 e. The summed E-state index contributed by atoms with van der Waals surface area (Å²) in [5.74, 6) is -3.26. The third-order valence-electron chi connectivity index (χ3n) is 2.05. The maximum atomic E-state index is 12.4. The fourth-order valence-electron chi connectivity index (χ4n) is 1.19. The van der Waals surface area contributed by atoms with Gasteiger partial charge in [-0.25, -0.2) is 4.84 Å². The van der Waals surface area contributed by atoms with Gasteiger partial charge in [0.15, 0.2) is 0 Å². The second-order valence-corrected chi connectivity index (χ2v) is 4.33. The van der Waals surface area contributed by atoms with E-state index in [2.05, 4.69) is 4.84 Å². The van der Waals surface area contributed by atoms with Crippen LogP contribution in [0.1, 0.15) is 4.88 Å². The smallest absolute Gasteiger partial charge is 0.354 e. The predicted octanol–water partition coefficient (Wildman–Crippen LogP) is 2.43. The van der Waals surface area contributed by atoms with E-state index in [0.29, 0.717) is 6.08 Å². The molecule has 0 bridgehead atoms. The molecule has 0 aliphatic carbocycles. The molecule has 3 nitrogen and oxygen atoms in total. The van der Waals surface area contributed by atoms with E-state index in [9.17, 15) is 13.2 Å². The van der Waals surface area contributed by atoms with E-state index < -0.39 is 12.0 Å². The van der Waals surface area contributed by atoms with Crippen molar-refractivity contribution >= 4 is 17.4 Å². The van der Waals surface area contributed by atoms with Crippen LogP contribution >= 0.6 is 11.3 Å². The number of hydrogen-bond donors (Lipinski definition) is 2. The molecule has 0 fully saturated rings. The summed E-state index contributed by atoms with van der Waals surface area (Å²) in [6.07, 6.45) is -1.28. The van der Waals surface area contributed by atoms with E-state index in [1.165, 1.54) is 17.4 Å². The number of rotatable bonds is 2. The number of allylic oxidation sites excluding steroid dienone is 1. The number of thiophene rings is 1. The van der Waals surface area contributed by atoms with Crippen molar-refractivity contribution in [2.24, 2.45) is 0 Å². The van der Waals surface area contributed by atoms with Gasteiger partial charge in [0.1, 0.15) is 0 Å². The number of alkyl halides is 3. The van der Waals surface area contributed by atoms with Crippen LogP contribution in [0.15, 0.2) is 35.4 Å². The second-order valence-electron chi connectivity index (χ2n) is 3.35. The third-order valence-corrected chi connectivity index (χ3v) is 2.89. The Labute approximate surface area is 98.8 Å². The number of hydrogen-bond acceptors (Lipinski definition) is 4. The zero-order valence-corrected chi connectivity index (χ0v) is 9.18. The average Bonchev–Trinajstić information content (AvgIpc) is 2.83. The zero-order chi connectivity index (χ0) is 12.5. The van der Waals surface area contributed by atoms with Gasteiger partial charge < -0.3 is 5.11 Å². The van der Waals surface area contributed by atoms with E-state index in [1.807, 2.05) is 23.0 Å². The molecule has 0 radical (unpaired) electrons. The summed E-state index contributed by atoms with van der Waals surface area (Å²) < 4.78 is 37.1. The van der Waals surface area contributed by atoms with Crippen molar-refractivity contribution in [1.82, 2.24) is 5.48 Å². The van der Waals surface area contributed by atoms with Gasteiger partial charge in [-0.05, 0) is 23.6 Å². The first-order chi connectivity index (χ1) is 7.91. The quantitative estimate of drug-likeness (QED) is 0.861. The van der Waals surface area contributed by atoms with Crippen LogP contribution in [0.4, 0.5) is 13.2 Å². The molecule has 17 heavy (non-hydrogen) atoms. The fraction of sp³-hybridized carbons (Fsp3) is 0.200. The van der Waals surface area contributed by atoms with Crippen LogP contribution in [0.2, 0.25) is 0 Å². The molecule has 7 heteroatoms. The van der Waals surface area contributed by atoms with Gasteiger partial charge in [0.25, 0.3) is 0 Å². The molecule has 1 aliphatic heterocycles. The van der Waals surface area contributed by atoms with Crippen molar-refractivity contribution in [2.75, 3.05) is 0 Å². The van der Waals surface area contributed by atoms with Gasteiger partial charge in [0, 0.05) is 11.0 Å². The summed E-state index contributed by atoms with van der Waals surface area (Å²) >= 11 is 1.44. The number of nitrogens with one attached hydrogen (secondary N) is 1. The minimum Gasteiger partial charge on any atom is -0.354 e. The van der Waals surface area contributed by atoms with Gasteiger partial charge in [0.05, 0.1) is 5.70 Å². The molecule has 0 saturated carbocycles. The predicted molar refractivity (Wildman–Crippen MR) is 56.7 cm³/mol. The Kier molecular flexibility index (Phi) is 2.98. The Balaban J connectivity index is 2.13. The standard InChI is InChI=1S/C10H8F3NO2S/c11-10(12,13)9(15)6-7(14-16-9)3-4-8-2-1-5-17-8/h1-6,14-15H/t9-/m0/s1. The number of aliphatic hydroxyl groups is 1. The summed E-state index contributed by atoms with van der Waals surface area (Å²) in [6.45, 7) is 0. The second kappa shape index (κ2) is 4.17. The van der Waals surface area contributed by atoms with Crippen LogP contribution in [0.5, 0.6) is 0 Å². The zero-order valence-electron chi connectivity index (χ0n) is 8.36. The van der Waals surface area contributed by atoms with Gasteiger partial charge in [-0.15, -0.1) is 11.3 Å². The van der Waals surface area contributed by atoms with Crippen LogP contribution in [0, 0.1) is 0 Å². The normalized spacial score (nSPS) is 25.1. The molecule has 1 aliphatic rings. The Morgan fingerprint density at radius 2 is 2.18 bits per heavy atom. The first-order valence-electron chi connectivity index (χ1n) is 4.58. The molecular formula is C10H8F3NO2S. The lowest BCUT2D eigenvalue weighted by Gasteiger charge is -2.21. The molecule has 0 saturated heterocycles. The number of hydroxylamine groups is 1. The highest BCUT2D eigenvalue weighted by molar-refractivity contribution is 7.10. The summed E-state index contributed by atoms with van der Waals surface area (Å²) in [5, 5.41) is 11.0. The number of halogens is 3. The molecule has 2 N–H and O–H groups in total. The van der Waals surface area contributed by atoms with E-state index in [1.54, 1.807) is 6.08 Å². The third kappa shape index (κ3) is 2.51. The van der Waals surface area contributed by atoms with Crippen LogP contribution < -0.4 is 5.48 Å². The minimum absolute atomic E-state index is 0.0539. The minimum atomic E-state index is -4.88. The summed E-state index contributed by atoms with van der Waals surface area (Å²) in [4.78, 5) is 5.01. The Morgan fingerprint density at radius 3 is 2.71 bits per heavy atom. The van der Waals surface area contributed by atoms with Crippen molar-refractivity contribution in [2.45, 2.75) is 12.0 Å². The lowest BCUT2D eigenvalue weighted by Crippen LogP contribution is -2.45. The van der Waals surface area contributed by atoms with Gasteiger partial charge in [-0.1, -0.05) is 6.07 Å². The monoisotopic (exact) mass is 263 g/mol. The van der Waals surface area contributed by atoms with Crippen LogP contribution in [-0.4, -0.2) is 17.1 Å². The van der Waals surface area contributed by atoms with Crippen molar-refractivity contribution in [3.63, 3.8) is 0 Å². The van der Waals surface area contributed by atoms with Crippen molar-refractivity contribution < 1.29 is 23.1 Å². The highest BCUT2D eigenvalue weighted by Crippen LogP contribution is 2.35. The SMILES string of the molecule is O[C@@]1(C(F)(F)F)C=C(C=Cc2cccs2)NO1. The maximum absolute atomic E-state index is 12.4. The summed E-state index contributed by atoms with van der Waals surface area (Å²) in [5.41, 5.74) is 2.08. The molecule has 0 aromatic carbocycles. The summed E-state index contributed by atoms with van der Waals surface area (Å²) in [6, 6.07) is 3.64. The molecule has 92 valence electrons. The van der Waals surface area contributed by atoms with Crippen molar-refractivity contribution in [1.29, 1.82) is 0 Å². The van der Waals surface area contributed by atoms with Gasteiger partial charge in [0.2, 0.25) is 0 Å². The maximum Gasteiger partial charge on any atom is 0.449 e. The first-order valence-corrected chi connectivity index (χ1v) is 5.46. The van der Waals surface area contributed by atoms with Crippen molar-refractivity contribution in [3.05, 3.63) is 40.2 Å². The molecule has 0 unspecified atom stereocenters. The van der Waals surface area contributed by atoms with E-state index in [0.717, 1.165) is 4.88 Å². The van der Waals surface area contributed by atoms with E-state index in [4.69, 9.17) is 5.11 Å². The lowest BCUT2D eigenvalue weighted by molar-refractivity contribution is -0.346. The van der Waals surface area contributed by atoms with Crippen LogP contribution in [0.3, 0.4) is 0 Å². The topological polar surface area (TPSA) is 41.5 Å².